The largest absolute Gasteiger partial charge is 0.387 e. The predicted molar refractivity (Wildman–Crippen MR) is 79.6 cm³/mol. The highest BCUT2D eigenvalue weighted by Crippen LogP contribution is 2.30. The minimum Gasteiger partial charge on any atom is -0.387 e. The average Bonchev–Trinajstić information content (AvgIpc) is 2.95. The van der Waals surface area contributed by atoms with Crippen molar-refractivity contribution >= 4 is 0 Å². The fraction of sp³-hybridized carbons (Fsp3) is 0.625. The summed E-state index contributed by atoms with van der Waals surface area (Å²) in [5.41, 5.74) is 7.60. The molecule has 0 amide bonds. The SMILES string of the molecule is NCc1ccc(C(O)CN2CCCC3(C2)OCCO3)cc1. The van der Waals surface area contributed by atoms with Gasteiger partial charge in [-0.3, -0.25) is 4.90 Å². The molecule has 0 bridgehead atoms. The molecule has 5 nitrogen and oxygen atoms in total. The van der Waals surface area contributed by atoms with Gasteiger partial charge in [0.2, 0.25) is 0 Å². The van der Waals surface area contributed by atoms with E-state index < -0.39 is 11.9 Å². The van der Waals surface area contributed by atoms with Crippen molar-refractivity contribution in [3.05, 3.63) is 35.4 Å². The Labute approximate surface area is 125 Å². The molecule has 3 rings (SSSR count). The predicted octanol–water partition coefficient (Wildman–Crippen LogP) is 1.02. The van der Waals surface area contributed by atoms with Gasteiger partial charge in [0.15, 0.2) is 5.79 Å². The molecular weight excluding hydrogens is 268 g/mol. The molecule has 1 aromatic rings. The number of rotatable bonds is 4. The van der Waals surface area contributed by atoms with Gasteiger partial charge in [-0.25, -0.2) is 0 Å². The Morgan fingerprint density at radius 2 is 1.95 bits per heavy atom. The molecule has 0 aromatic heterocycles. The van der Waals surface area contributed by atoms with Crippen LogP contribution in [0.15, 0.2) is 24.3 Å². The van der Waals surface area contributed by atoms with E-state index in [-0.39, 0.29) is 0 Å². The minimum atomic E-state index is -0.492. The second-order valence-corrected chi connectivity index (χ2v) is 5.91. The standard InChI is InChI=1S/C16H24N2O3/c17-10-13-2-4-14(5-3-13)15(19)11-18-7-1-6-16(12-18)20-8-9-21-16/h2-5,15,19H,1,6-12,17H2. The quantitative estimate of drug-likeness (QED) is 0.867. The van der Waals surface area contributed by atoms with Gasteiger partial charge in [-0.2, -0.15) is 0 Å². The molecule has 0 aliphatic carbocycles. The first-order chi connectivity index (χ1) is 10.2. The highest BCUT2D eigenvalue weighted by atomic mass is 16.7. The summed E-state index contributed by atoms with van der Waals surface area (Å²) in [6, 6.07) is 7.85. The van der Waals surface area contributed by atoms with Crippen LogP contribution in [0.2, 0.25) is 0 Å². The lowest BCUT2D eigenvalue weighted by Gasteiger charge is -2.39. The molecule has 116 valence electrons. The molecule has 2 heterocycles. The van der Waals surface area contributed by atoms with Crippen molar-refractivity contribution in [3.8, 4) is 0 Å². The highest BCUT2D eigenvalue weighted by Gasteiger charge is 2.40. The van der Waals surface area contributed by atoms with Crippen LogP contribution in [-0.2, 0) is 16.0 Å². The van der Waals surface area contributed by atoms with E-state index in [4.69, 9.17) is 15.2 Å². The molecule has 2 saturated heterocycles. The Hall–Kier alpha value is -0.980. The zero-order valence-corrected chi connectivity index (χ0v) is 12.3. The maximum absolute atomic E-state index is 10.4. The topological polar surface area (TPSA) is 68.0 Å². The number of hydrogen-bond donors (Lipinski definition) is 2. The number of aliphatic hydroxyl groups is 1. The van der Waals surface area contributed by atoms with Gasteiger partial charge in [-0.05, 0) is 24.1 Å². The van der Waals surface area contributed by atoms with Crippen LogP contribution < -0.4 is 5.73 Å². The first-order valence-corrected chi connectivity index (χ1v) is 7.68. The van der Waals surface area contributed by atoms with Crippen molar-refractivity contribution in [1.82, 2.24) is 4.90 Å². The Morgan fingerprint density at radius 1 is 1.24 bits per heavy atom. The van der Waals surface area contributed by atoms with E-state index in [0.717, 1.165) is 37.1 Å². The molecule has 3 N–H and O–H groups in total. The number of nitrogens with two attached hydrogens (primary N) is 1. The fourth-order valence-electron chi connectivity index (χ4n) is 3.19. The molecule has 1 spiro atoms. The van der Waals surface area contributed by atoms with Crippen LogP contribution in [0.3, 0.4) is 0 Å². The van der Waals surface area contributed by atoms with Crippen LogP contribution in [-0.4, -0.2) is 48.6 Å². The smallest absolute Gasteiger partial charge is 0.181 e. The molecule has 2 aliphatic rings. The van der Waals surface area contributed by atoms with Crippen LogP contribution in [0.25, 0.3) is 0 Å². The summed E-state index contributed by atoms with van der Waals surface area (Å²) in [4.78, 5) is 2.23. The number of likely N-dealkylation sites (tertiary alicyclic amines) is 1. The second-order valence-electron chi connectivity index (χ2n) is 5.91. The summed E-state index contributed by atoms with van der Waals surface area (Å²) in [6.07, 6.45) is 1.50. The number of nitrogens with zero attached hydrogens (tertiary/aromatic N) is 1. The molecule has 0 saturated carbocycles. The number of piperidine rings is 1. The zero-order chi connectivity index (χ0) is 14.7. The number of benzene rings is 1. The first kappa shape index (κ1) is 14.9. The monoisotopic (exact) mass is 292 g/mol. The number of aliphatic hydroxyl groups excluding tert-OH is 1. The normalized spacial score (nSPS) is 23.5. The van der Waals surface area contributed by atoms with Gasteiger partial charge < -0.3 is 20.3 Å². The van der Waals surface area contributed by atoms with E-state index in [1.807, 2.05) is 24.3 Å². The Morgan fingerprint density at radius 3 is 2.62 bits per heavy atom. The molecule has 1 unspecified atom stereocenters. The van der Waals surface area contributed by atoms with Crippen molar-refractivity contribution in [2.24, 2.45) is 5.73 Å². The van der Waals surface area contributed by atoms with Crippen molar-refractivity contribution in [1.29, 1.82) is 0 Å². The van der Waals surface area contributed by atoms with Crippen molar-refractivity contribution in [2.75, 3.05) is 32.8 Å². The van der Waals surface area contributed by atoms with Gasteiger partial charge in [0, 0.05) is 19.5 Å². The van der Waals surface area contributed by atoms with Crippen LogP contribution in [0, 0.1) is 0 Å². The lowest BCUT2D eigenvalue weighted by molar-refractivity contribution is -0.191. The third-order valence-corrected chi connectivity index (χ3v) is 4.34. The summed E-state index contributed by atoms with van der Waals surface area (Å²) < 4.78 is 11.5. The van der Waals surface area contributed by atoms with E-state index in [2.05, 4.69) is 4.90 Å². The van der Waals surface area contributed by atoms with Gasteiger partial charge in [0.05, 0.1) is 25.9 Å². The van der Waals surface area contributed by atoms with E-state index in [9.17, 15) is 5.11 Å². The van der Waals surface area contributed by atoms with Gasteiger partial charge in [-0.15, -0.1) is 0 Å². The molecule has 2 fully saturated rings. The molecule has 2 aliphatic heterocycles. The lowest BCUT2D eigenvalue weighted by Crippen LogP contribution is -2.49. The van der Waals surface area contributed by atoms with E-state index >= 15 is 0 Å². The maximum atomic E-state index is 10.4. The summed E-state index contributed by atoms with van der Waals surface area (Å²) >= 11 is 0. The third kappa shape index (κ3) is 3.44. The molecule has 21 heavy (non-hydrogen) atoms. The number of hydrogen-bond acceptors (Lipinski definition) is 5. The van der Waals surface area contributed by atoms with Crippen LogP contribution in [0.1, 0.15) is 30.1 Å². The summed E-state index contributed by atoms with van der Waals surface area (Å²) in [7, 11) is 0. The summed E-state index contributed by atoms with van der Waals surface area (Å²) in [5, 5.41) is 10.4. The molecule has 1 atom stereocenters. The van der Waals surface area contributed by atoms with Crippen molar-refractivity contribution < 1.29 is 14.6 Å². The molecule has 0 radical (unpaired) electrons. The molecular formula is C16H24N2O3. The van der Waals surface area contributed by atoms with E-state index in [0.29, 0.717) is 26.3 Å². The van der Waals surface area contributed by atoms with Crippen LogP contribution >= 0.6 is 0 Å². The van der Waals surface area contributed by atoms with Gasteiger partial charge >= 0.3 is 0 Å². The Balaban J connectivity index is 1.59. The van der Waals surface area contributed by atoms with E-state index in [1.165, 1.54) is 0 Å². The number of ether oxygens (including phenoxy) is 2. The van der Waals surface area contributed by atoms with Gasteiger partial charge in [0.1, 0.15) is 0 Å². The van der Waals surface area contributed by atoms with Crippen LogP contribution in [0.4, 0.5) is 0 Å². The second kappa shape index (κ2) is 6.42. The summed E-state index contributed by atoms with van der Waals surface area (Å²) in [5.74, 6) is -0.429. The minimum absolute atomic E-state index is 0.429. The molecule has 1 aromatic carbocycles. The van der Waals surface area contributed by atoms with Gasteiger partial charge in [0.25, 0.3) is 0 Å². The average molecular weight is 292 g/mol. The molecule has 5 heteroatoms. The van der Waals surface area contributed by atoms with Gasteiger partial charge in [-0.1, -0.05) is 24.3 Å². The maximum Gasteiger partial charge on any atom is 0.181 e. The van der Waals surface area contributed by atoms with Crippen LogP contribution in [0.5, 0.6) is 0 Å². The zero-order valence-electron chi connectivity index (χ0n) is 12.3. The van der Waals surface area contributed by atoms with Crippen molar-refractivity contribution in [2.45, 2.75) is 31.3 Å². The number of β-amino-alcohol motifs (C(OH)–C–C–N with tert-alkyl or cyclic N) is 1. The van der Waals surface area contributed by atoms with E-state index in [1.54, 1.807) is 0 Å². The Bertz CT molecular complexity index is 457. The van der Waals surface area contributed by atoms with Crippen molar-refractivity contribution in [3.63, 3.8) is 0 Å². The fourth-order valence-corrected chi connectivity index (χ4v) is 3.19. The highest BCUT2D eigenvalue weighted by molar-refractivity contribution is 5.24. The lowest BCUT2D eigenvalue weighted by atomic mass is 10.0. The third-order valence-electron chi connectivity index (χ3n) is 4.34. The summed E-state index contributed by atoms with van der Waals surface area (Å²) in [6.45, 7) is 4.21. The first-order valence-electron chi connectivity index (χ1n) is 7.68. The Kier molecular flexibility index (Phi) is 4.57.